The molecule has 2 amide bonds. The number of ether oxygens (including phenoxy) is 1. The number of thioether (sulfide) groups is 1. The highest BCUT2D eigenvalue weighted by Gasteiger charge is 2.54. The quantitative estimate of drug-likeness (QED) is 0.298. The Bertz CT molecular complexity index is 1460. The summed E-state index contributed by atoms with van der Waals surface area (Å²) in [5.41, 5.74) is 2.22. The summed E-state index contributed by atoms with van der Waals surface area (Å²) < 4.78 is 5.50. The van der Waals surface area contributed by atoms with E-state index < -0.39 is 46.1 Å². The van der Waals surface area contributed by atoms with Crippen molar-refractivity contribution in [3.8, 4) is 0 Å². The lowest BCUT2D eigenvalue weighted by Gasteiger charge is -2.41. The van der Waals surface area contributed by atoms with Crippen molar-refractivity contribution in [1.82, 2.24) is 15.1 Å². The SMILES string of the molecule is O=C(O)CC1NC(C(=O)OC(c2ccccc2)N2C(=O)c3ccccc3C2=O)C2(CCN(Cc3ccccc3)CC2)S1. The van der Waals surface area contributed by atoms with Crippen molar-refractivity contribution in [1.29, 1.82) is 0 Å². The number of carboxylic acids is 1. The first-order chi connectivity index (χ1) is 20.3. The summed E-state index contributed by atoms with van der Waals surface area (Å²) in [7, 11) is 0. The first-order valence-electron chi connectivity index (χ1n) is 14.0. The van der Waals surface area contributed by atoms with E-state index in [9.17, 15) is 24.3 Å². The minimum Gasteiger partial charge on any atom is -0.481 e. The van der Waals surface area contributed by atoms with E-state index in [0.29, 0.717) is 18.4 Å². The highest BCUT2D eigenvalue weighted by molar-refractivity contribution is 8.01. The lowest BCUT2D eigenvalue weighted by Crippen LogP contribution is -2.54. The van der Waals surface area contributed by atoms with Gasteiger partial charge in [-0.3, -0.25) is 29.4 Å². The Balaban J connectivity index is 1.25. The third kappa shape index (κ3) is 5.45. The molecule has 3 unspecified atom stereocenters. The zero-order valence-electron chi connectivity index (χ0n) is 22.8. The van der Waals surface area contributed by atoms with Gasteiger partial charge in [-0.2, -0.15) is 0 Å². The van der Waals surface area contributed by atoms with E-state index in [-0.39, 0.29) is 17.5 Å². The molecule has 2 N–H and O–H groups in total. The first-order valence-corrected chi connectivity index (χ1v) is 14.9. The number of piperidine rings is 1. The zero-order chi connectivity index (χ0) is 29.3. The molecule has 0 bridgehead atoms. The van der Waals surface area contributed by atoms with Crippen LogP contribution in [0.25, 0.3) is 0 Å². The molecule has 3 aromatic carbocycles. The van der Waals surface area contributed by atoms with E-state index >= 15 is 0 Å². The maximum atomic E-state index is 14.0. The summed E-state index contributed by atoms with van der Waals surface area (Å²) in [5, 5.41) is 12.3. The fourth-order valence-electron chi connectivity index (χ4n) is 6.09. The van der Waals surface area contributed by atoms with Crippen molar-refractivity contribution >= 4 is 35.5 Å². The van der Waals surface area contributed by atoms with E-state index in [1.54, 1.807) is 54.6 Å². The van der Waals surface area contributed by atoms with Gasteiger partial charge in [0.15, 0.2) is 0 Å². The summed E-state index contributed by atoms with van der Waals surface area (Å²) in [6.45, 7) is 2.25. The molecule has 6 rings (SSSR count). The normalized spacial score (nSPS) is 22.2. The van der Waals surface area contributed by atoms with Gasteiger partial charge in [-0.05, 0) is 43.6 Å². The summed E-state index contributed by atoms with van der Waals surface area (Å²) >= 11 is 1.49. The molecule has 216 valence electrons. The summed E-state index contributed by atoms with van der Waals surface area (Å²) in [4.78, 5) is 55.8. The maximum absolute atomic E-state index is 14.0. The molecule has 3 atom stereocenters. The van der Waals surface area contributed by atoms with Crippen LogP contribution in [0, 0.1) is 0 Å². The molecule has 1 spiro atoms. The number of benzene rings is 3. The van der Waals surface area contributed by atoms with Crippen LogP contribution in [0.5, 0.6) is 0 Å². The van der Waals surface area contributed by atoms with Crippen LogP contribution in [-0.4, -0.2) is 67.9 Å². The first kappa shape index (κ1) is 28.1. The second-order valence-corrected chi connectivity index (χ2v) is 12.5. The highest BCUT2D eigenvalue weighted by atomic mass is 32.2. The summed E-state index contributed by atoms with van der Waals surface area (Å²) in [6, 6.07) is 24.6. The van der Waals surface area contributed by atoms with Crippen LogP contribution in [0.4, 0.5) is 0 Å². The standard InChI is InChI=1S/C32H31N3O6S/c36-26(37)19-25-33-27(32(42-25)15-17-34(18-16-32)20-21-9-3-1-4-10-21)31(40)41-30(22-11-5-2-6-12-22)35-28(38)23-13-7-8-14-24(23)29(35)39/h1-14,25,27,30,33H,15-20H2,(H,36,37). The molecule has 9 nitrogen and oxygen atoms in total. The Hall–Kier alpha value is -3.99. The second kappa shape index (κ2) is 11.7. The number of fused-ring (bicyclic) bond motifs is 1. The number of carbonyl (C=O) groups excluding carboxylic acids is 3. The maximum Gasteiger partial charge on any atom is 0.326 e. The second-order valence-electron chi connectivity index (χ2n) is 10.9. The zero-order valence-corrected chi connectivity index (χ0v) is 23.7. The molecule has 0 aromatic heterocycles. The third-order valence-electron chi connectivity index (χ3n) is 8.18. The van der Waals surface area contributed by atoms with Gasteiger partial charge in [-0.25, -0.2) is 4.90 Å². The Morgan fingerprint density at radius 3 is 2.07 bits per heavy atom. The number of carbonyl (C=O) groups is 4. The minimum absolute atomic E-state index is 0.148. The van der Waals surface area contributed by atoms with Gasteiger partial charge in [-0.15, -0.1) is 11.8 Å². The van der Waals surface area contributed by atoms with Gasteiger partial charge < -0.3 is 9.84 Å². The molecule has 2 fully saturated rings. The van der Waals surface area contributed by atoms with Gasteiger partial charge >= 0.3 is 11.9 Å². The van der Waals surface area contributed by atoms with E-state index in [0.717, 1.165) is 24.5 Å². The number of aliphatic carboxylic acids is 1. The van der Waals surface area contributed by atoms with Crippen molar-refractivity contribution in [2.75, 3.05) is 13.1 Å². The summed E-state index contributed by atoms with van der Waals surface area (Å²) in [5.74, 6) is -2.63. The number of hydrogen-bond donors (Lipinski definition) is 2. The van der Waals surface area contributed by atoms with Crippen LogP contribution in [0.1, 0.15) is 57.3 Å². The van der Waals surface area contributed by atoms with E-state index in [1.807, 2.05) is 18.2 Å². The number of rotatable bonds is 8. The molecular formula is C32H31N3O6S. The van der Waals surface area contributed by atoms with Crippen LogP contribution in [-0.2, 0) is 20.9 Å². The minimum atomic E-state index is -1.27. The van der Waals surface area contributed by atoms with Gasteiger partial charge in [0.05, 0.1) is 22.9 Å². The number of imide groups is 1. The largest absolute Gasteiger partial charge is 0.481 e. The molecule has 0 saturated carbocycles. The Morgan fingerprint density at radius 2 is 1.48 bits per heavy atom. The molecule has 42 heavy (non-hydrogen) atoms. The van der Waals surface area contributed by atoms with Gasteiger partial charge in [0.2, 0.25) is 6.23 Å². The van der Waals surface area contributed by atoms with Crippen LogP contribution < -0.4 is 5.32 Å². The molecule has 10 heteroatoms. The van der Waals surface area contributed by atoms with Gasteiger partial charge in [0, 0.05) is 16.9 Å². The van der Waals surface area contributed by atoms with Crippen LogP contribution >= 0.6 is 11.8 Å². The summed E-state index contributed by atoms with van der Waals surface area (Å²) in [6.07, 6.45) is -0.122. The topological polar surface area (TPSA) is 116 Å². The number of nitrogens with one attached hydrogen (secondary N) is 1. The number of amides is 2. The molecule has 0 radical (unpaired) electrons. The monoisotopic (exact) mass is 585 g/mol. The van der Waals surface area contributed by atoms with Crippen molar-refractivity contribution in [2.24, 2.45) is 0 Å². The fourth-order valence-corrected chi connectivity index (χ4v) is 7.80. The Kier molecular flexibility index (Phi) is 7.85. The average Bonchev–Trinajstić information content (AvgIpc) is 3.47. The molecule has 3 heterocycles. The molecule has 3 aromatic rings. The lowest BCUT2D eigenvalue weighted by atomic mass is 9.88. The van der Waals surface area contributed by atoms with Crippen molar-refractivity contribution in [3.05, 3.63) is 107 Å². The average molecular weight is 586 g/mol. The van der Waals surface area contributed by atoms with Gasteiger partial charge in [0.25, 0.3) is 11.8 Å². The van der Waals surface area contributed by atoms with E-state index in [2.05, 4.69) is 22.3 Å². The predicted molar refractivity (Wildman–Crippen MR) is 156 cm³/mol. The number of hydrogen-bond acceptors (Lipinski definition) is 8. The van der Waals surface area contributed by atoms with Crippen LogP contribution in [0.2, 0.25) is 0 Å². The smallest absolute Gasteiger partial charge is 0.326 e. The predicted octanol–water partition coefficient (Wildman–Crippen LogP) is 4.07. The van der Waals surface area contributed by atoms with Crippen LogP contribution in [0.15, 0.2) is 84.9 Å². The molecular weight excluding hydrogens is 554 g/mol. The number of carboxylic acid groups (broad SMARTS) is 1. The number of esters is 1. The van der Waals surface area contributed by atoms with Crippen molar-refractivity contribution < 1.29 is 29.0 Å². The Morgan fingerprint density at radius 1 is 0.905 bits per heavy atom. The number of nitrogens with zero attached hydrogens (tertiary/aromatic N) is 2. The van der Waals surface area contributed by atoms with Crippen molar-refractivity contribution in [3.63, 3.8) is 0 Å². The van der Waals surface area contributed by atoms with Gasteiger partial charge in [0.1, 0.15) is 6.04 Å². The number of likely N-dealkylation sites (tertiary alicyclic amines) is 1. The fraction of sp³-hybridized carbons (Fsp3) is 0.312. The van der Waals surface area contributed by atoms with Crippen molar-refractivity contribution in [2.45, 2.75) is 48.2 Å². The molecule has 3 aliphatic heterocycles. The van der Waals surface area contributed by atoms with E-state index in [4.69, 9.17) is 4.74 Å². The Labute approximate surface area is 247 Å². The van der Waals surface area contributed by atoms with E-state index in [1.165, 1.54) is 17.3 Å². The molecule has 0 aliphatic carbocycles. The lowest BCUT2D eigenvalue weighted by molar-refractivity contribution is -0.159. The molecule has 3 aliphatic rings. The van der Waals surface area contributed by atoms with Crippen LogP contribution in [0.3, 0.4) is 0 Å². The van der Waals surface area contributed by atoms with Gasteiger partial charge in [-0.1, -0.05) is 72.8 Å². The highest BCUT2D eigenvalue weighted by Crippen LogP contribution is 2.48. The molecule has 2 saturated heterocycles. The third-order valence-corrected chi connectivity index (χ3v) is 9.88.